The molecule has 0 aliphatic heterocycles. The molecule has 0 spiro atoms. The molecule has 0 amide bonds. The van der Waals surface area contributed by atoms with Crippen molar-refractivity contribution in [3.05, 3.63) is 84.4 Å². The minimum atomic E-state index is 0.671. The van der Waals surface area contributed by atoms with Gasteiger partial charge < -0.3 is 9.26 Å². The molecule has 0 aliphatic carbocycles. The van der Waals surface area contributed by atoms with Gasteiger partial charge in [-0.1, -0.05) is 41.6 Å². The molecule has 28 heavy (non-hydrogen) atoms. The molecule has 4 aromatic rings. The summed E-state index contributed by atoms with van der Waals surface area (Å²) in [6.45, 7) is 1.43. The van der Waals surface area contributed by atoms with Crippen molar-refractivity contribution in [3.63, 3.8) is 0 Å². The van der Waals surface area contributed by atoms with Gasteiger partial charge in [0.25, 0.3) is 0 Å². The molecule has 4 rings (SSSR count). The molecule has 6 heteroatoms. The SMILES string of the molecule is COc1cccc(-n2cc(CN(C)Cc3cc(-c4ccccc4)no3)cn2)c1. The summed E-state index contributed by atoms with van der Waals surface area (Å²) < 4.78 is 12.6. The Morgan fingerprint density at radius 2 is 1.89 bits per heavy atom. The van der Waals surface area contributed by atoms with Crippen molar-refractivity contribution >= 4 is 0 Å². The van der Waals surface area contributed by atoms with Crippen LogP contribution in [0.25, 0.3) is 16.9 Å². The van der Waals surface area contributed by atoms with E-state index in [9.17, 15) is 0 Å². The highest BCUT2D eigenvalue weighted by molar-refractivity contribution is 5.58. The van der Waals surface area contributed by atoms with E-state index in [1.807, 2.05) is 84.8 Å². The Bertz CT molecular complexity index is 1040. The summed E-state index contributed by atoms with van der Waals surface area (Å²) >= 11 is 0. The average molecular weight is 374 g/mol. The molecular weight excluding hydrogens is 352 g/mol. The van der Waals surface area contributed by atoms with Gasteiger partial charge in [-0.05, 0) is 19.2 Å². The Labute approximate surface area is 164 Å². The van der Waals surface area contributed by atoms with Crippen molar-refractivity contribution in [3.8, 4) is 22.7 Å². The Balaban J connectivity index is 1.40. The van der Waals surface area contributed by atoms with Crippen molar-refractivity contribution in [2.75, 3.05) is 14.2 Å². The fourth-order valence-electron chi connectivity index (χ4n) is 3.10. The highest BCUT2D eigenvalue weighted by Gasteiger charge is 2.10. The number of rotatable bonds is 7. The van der Waals surface area contributed by atoms with E-state index in [0.29, 0.717) is 6.54 Å². The average Bonchev–Trinajstić information content (AvgIpc) is 3.38. The largest absolute Gasteiger partial charge is 0.497 e. The molecule has 2 aromatic heterocycles. The lowest BCUT2D eigenvalue weighted by atomic mass is 10.1. The number of hydrogen-bond acceptors (Lipinski definition) is 5. The third-order valence-corrected chi connectivity index (χ3v) is 4.46. The fraction of sp³-hybridized carbons (Fsp3) is 0.182. The Morgan fingerprint density at radius 1 is 1.04 bits per heavy atom. The molecule has 0 bridgehead atoms. The van der Waals surface area contributed by atoms with E-state index in [0.717, 1.165) is 40.6 Å². The van der Waals surface area contributed by atoms with E-state index in [4.69, 9.17) is 9.26 Å². The zero-order valence-corrected chi connectivity index (χ0v) is 15.9. The first kappa shape index (κ1) is 18.0. The summed E-state index contributed by atoms with van der Waals surface area (Å²) in [6.07, 6.45) is 3.91. The van der Waals surface area contributed by atoms with Gasteiger partial charge in [0.1, 0.15) is 11.4 Å². The van der Waals surface area contributed by atoms with Crippen molar-refractivity contribution in [2.24, 2.45) is 0 Å². The number of ether oxygens (including phenoxy) is 1. The van der Waals surface area contributed by atoms with Crippen LogP contribution in [-0.4, -0.2) is 34.0 Å². The van der Waals surface area contributed by atoms with Crippen LogP contribution in [0, 0.1) is 0 Å². The predicted octanol–water partition coefficient (Wildman–Crippen LogP) is 4.17. The summed E-state index contributed by atoms with van der Waals surface area (Å²) in [5.41, 5.74) is 4.00. The van der Waals surface area contributed by atoms with Gasteiger partial charge in [-0.2, -0.15) is 5.10 Å². The standard InChI is InChI=1S/C22H22N4O2/c1-25(16-21-12-22(24-28-21)18-7-4-3-5-8-18)14-17-13-23-26(15-17)19-9-6-10-20(11-19)27-2/h3-13,15H,14,16H2,1-2H3. The van der Waals surface area contributed by atoms with Gasteiger partial charge in [-0.25, -0.2) is 4.68 Å². The number of methoxy groups -OCH3 is 1. The lowest BCUT2D eigenvalue weighted by Crippen LogP contribution is -2.16. The van der Waals surface area contributed by atoms with Crippen LogP contribution in [0.2, 0.25) is 0 Å². The van der Waals surface area contributed by atoms with Crippen LogP contribution < -0.4 is 4.74 Å². The van der Waals surface area contributed by atoms with Crippen LogP contribution in [0.4, 0.5) is 0 Å². The zero-order valence-electron chi connectivity index (χ0n) is 15.9. The van der Waals surface area contributed by atoms with Gasteiger partial charge in [-0.15, -0.1) is 0 Å². The molecule has 2 aromatic carbocycles. The second-order valence-corrected chi connectivity index (χ2v) is 6.71. The van der Waals surface area contributed by atoms with E-state index in [1.165, 1.54) is 0 Å². The van der Waals surface area contributed by atoms with Crippen molar-refractivity contribution in [1.29, 1.82) is 0 Å². The molecule has 0 N–H and O–H groups in total. The molecule has 0 fully saturated rings. The summed E-state index contributed by atoms with van der Waals surface area (Å²) in [6, 6.07) is 19.9. The van der Waals surface area contributed by atoms with E-state index in [-0.39, 0.29) is 0 Å². The predicted molar refractivity (Wildman–Crippen MR) is 107 cm³/mol. The molecule has 0 saturated heterocycles. The maximum Gasteiger partial charge on any atom is 0.151 e. The van der Waals surface area contributed by atoms with Crippen molar-refractivity contribution in [2.45, 2.75) is 13.1 Å². The molecule has 0 radical (unpaired) electrons. The number of nitrogens with zero attached hydrogens (tertiary/aromatic N) is 4. The fourth-order valence-corrected chi connectivity index (χ4v) is 3.10. The van der Waals surface area contributed by atoms with E-state index >= 15 is 0 Å². The lowest BCUT2D eigenvalue weighted by Gasteiger charge is -2.12. The quantitative estimate of drug-likeness (QED) is 0.486. The van der Waals surface area contributed by atoms with Crippen LogP contribution in [0.1, 0.15) is 11.3 Å². The molecule has 0 unspecified atom stereocenters. The van der Waals surface area contributed by atoms with Crippen LogP contribution in [0.5, 0.6) is 5.75 Å². The molecular formula is C22H22N4O2. The Morgan fingerprint density at radius 3 is 2.71 bits per heavy atom. The second kappa shape index (κ2) is 8.10. The third kappa shape index (κ3) is 4.13. The van der Waals surface area contributed by atoms with E-state index < -0.39 is 0 Å². The molecule has 142 valence electrons. The van der Waals surface area contributed by atoms with Gasteiger partial charge in [0.2, 0.25) is 0 Å². The van der Waals surface area contributed by atoms with Gasteiger partial charge in [0.05, 0.1) is 25.5 Å². The first-order valence-electron chi connectivity index (χ1n) is 9.09. The van der Waals surface area contributed by atoms with Crippen LogP contribution in [0.15, 0.2) is 77.6 Å². The topological polar surface area (TPSA) is 56.3 Å². The van der Waals surface area contributed by atoms with Gasteiger partial charge >= 0.3 is 0 Å². The van der Waals surface area contributed by atoms with Crippen LogP contribution in [0.3, 0.4) is 0 Å². The maximum absolute atomic E-state index is 5.50. The highest BCUT2D eigenvalue weighted by atomic mass is 16.5. The summed E-state index contributed by atoms with van der Waals surface area (Å²) in [4.78, 5) is 2.17. The number of aromatic nitrogens is 3. The van der Waals surface area contributed by atoms with Crippen molar-refractivity contribution in [1.82, 2.24) is 19.8 Å². The number of hydrogen-bond donors (Lipinski definition) is 0. The normalized spacial score (nSPS) is 11.1. The minimum absolute atomic E-state index is 0.671. The first-order chi connectivity index (χ1) is 13.7. The van der Waals surface area contributed by atoms with E-state index in [1.54, 1.807) is 7.11 Å². The summed E-state index contributed by atoms with van der Waals surface area (Å²) in [5.74, 6) is 1.65. The molecule has 0 aliphatic rings. The molecule has 2 heterocycles. The van der Waals surface area contributed by atoms with E-state index in [2.05, 4.69) is 15.2 Å². The van der Waals surface area contributed by atoms with Crippen LogP contribution >= 0.6 is 0 Å². The molecule has 0 atom stereocenters. The van der Waals surface area contributed by atoms with Gasteiger partial charge in [0.15, 0.2) is 5.76 Å². The van der Waals surface area contributed by atoms with Gasteiger partial charge in [0, 0.05) is 36.0 Å². The Kier molecular flexibility index (Phi) is 5.21. The highest BCUT2D eigenvalue weighted by Crippen LogP contribution is 2.20. The first-order valence-corrected chi connectivity index (χ1v) is 9.09. The minimum Gasteiger partial charge on any atom is -0.497 e. The summed E-state index contributed by atoms with van der Waals surface area (Å²) in [7, 11) is 3.71. The Hall–Kier alpha value is -3.38. The third-order valence-electron chi connectivity index (χ3n) is 4.46. The van der Waals surface area contributed by atoms with Crippen molar-refractivity contribution < 1.29 is 9.26 Å². The monoisotopic (exact) mass is 374 g/mol. The summed E-state index contributed by atoms with van der Waals surface area (Å²) in [5, 5.41) is 8.64. The molecule has 6 nitrogen and oxygen atoms in total. The van der Waals surface area contributed by atoms with Crippen LogP contribution in [-0.2, 0) is 13.1 Å². The van der Waals surface area contributed by atoms with Gasteiger partial charge in [-0.3, -0.25) is 4.90 Å². The number of benzene rings is 2. The lowest BCUT2D eigenvalue weighted by molar-refractivity contribution is 0.267. The molecule has 0 saturated carbocycles. The maximum atomic E-state index is 5.50. The second-order valence-electron chi connectivity index (χ2n) is 6.71. The zero-order chi connectivity index (χ0) is 19.3. The smallest absolute Gasteiger partial charge is 0.151 e.